The molecule has 0 aliphatic carbocycles. The van der Waals surface area contributed by atoms with E-state index in [1.54, 1.807) is 0 Å². The van der Waals surface area contributed by atoms with Crippen LogP contribution in [-0.4, -0.2) is 26.7 Å². The van der Waals surface area contributed by atoms with Crippen LogP contribution in [0.4, 0.5) is 0 Å². The van der Waals surface area contributed by atoms with Crippen LogP contribution in [0.5, 0.6) is 0 Å². The number of nitrogens with zero attached hydrogens (tertiary/aromatic N) is 2. The first-order chi connectivity index (χ1) is 13.2. The molecule has 0 spiro atoms. The van der Waals surface area contributed by atoms with Gasteiger partial charge in [-0.15, -0.1) is 10.2 Å². The van der Waals surface area contributed by atoms with Crippen molar-refractivity contribution in [2.45, 2.75) is 18.1 Å². The number of hydrogen-bond acceptors (Lipinski definition) is 5. The predicted molar refractivity (Wildman–Crippen MR) is 110 cm³/mol. The highest BCUT2D eigenvalue weighted by molar-refractivity contribution is 9.10. The number of aromatic amines is 1. The number of benzene rings is 2. The lowest BCUT2D eigenvalue weighted by atomic mass is 10.1. The average Bonchev–Trinajstić information content (AvgIpc) is 3.32. The smallest absolute Gasteiger partial charge is 0.276 e. The molecule has 0 unspecified atom stereocenters. The Bertz CT molecular complexity index is 1070. The van der Waals surface area contributed by atoms with Crippen LogP contribution in [0.3, 0.4) is 0 Å². The Labute approximate surface area is 168 Å². The number of rotatable bonds is 7. The molecule has 2 aromatic heterocycles. The summed E-state index contributed by atoms with van der Waals surface area (Å²) < 4.78 is 6.74. The molecule has 0 aliphatic heterocycles. The van der Waals surface area contributed by atoms with Gasteiger partial charge < -0.3 is 9.40 Å². The van der Waals surface area contributed by atoms with Crippen molar-refractivity contribution in [1.29, 1.82) is 0 Å². The molecule has 0 saturated carbocycles. The number of para-hydroxylation sites is 1. The van der Waals surface area contributed by atoms with Gasteiger partial charge in [0.2, 0.25) is 0 Å². The number of H-pyrrole nitrogens is 1. The van der Waals surface area contributed by atoms with E-state index in [1.165, 1.54) is 11.8 Å². The van der Waals surface area contributed by atoms with Gasteiger partial charge in [0, 0.05) is 39.3 Å². The van der Waals surface area contributed by atoms with Gasteiger partial charge in [0.15, 0.2) is 5.78 Å². The van der Waals surface area contributed by atoms with Crippen molar-refractivity contribution in [3.63, 3.8) is 0 Å². The van der Waals surface area contributed by atoms with Crippen molar-refractivity contribution >= 4 is 44.4 Å². The summed E-state index contributed by atoms with van der Waals surface area (Å²) in [5, 5.41) is 9.83. The maximum Gasteiger partial charge on any atom is 0.276 e. The molecule has 0 aliphatic rings. The number of carbonyl (C=O) groups is 1. The number of hydrogen-bond donors (Lipinski definition) is 1. The van der Waals surface area contributed by atoms with Crippen molar-refractivity contribution in [2.24, 2.45) is 0 Å². The van der Waals surface area contributed by atoms with Crippen LogP contribution in [0.1, 0.15) is 23.2 Å². The van der Waals surface area contributed by atoms with Crippen molar-refractivity contribution in [2.75, 3.05) is 5.75 Å². The van der Waals surface area contributed by atoms with Gasteiger partial charge in [-0.3, -0.25) is 4.79 Å². The van der Waals surface area contributed by atoms with E-state index in [9.17, 15) is 4.79 Å². The van der Waals surface area contributed by atoms with Gasteiger partial charge >= 0.3 is 0 Å². The molecule has 0 atom stereocenters. The van der Waals surface area contributed by atoms with Crippen LogP contribution in [-0.2, 0) is 0 Å². The summed E-state index contributed by atoms with van der Waals surface area (Å²) in [5.74, 6) is 1.40. The number of aromatic nitrogens is 3. The maximum atomic E-state index is 12.2. The van der Waals surface area contributed by atoms with E-state index >= 15 is 0 Å². The second-order valence-electron chi connectivity index (χ2n) is 6.00. The summed E-state index contributed by atoms with van der Waals surface area (Å²) in [6, 6.07) is 15.4. The zero-order chi connectivity index (χ0) is 18.6. The third-order valence-corrected chi connectivity index (χ3v) is 5.60. The maximum absolute atomic E-state index is 12.2. The third-order valence-electron chi connectivity index (χ3n) is 4.17. The lowest BCUT2D eigenvalue weighted by Crippen LogP contribution is -1.99. The number of ketones is 1. The lowest BCUT2D eigenvalue weighted by molar-refractivity contribution is 0.0982. The highest BCUT2D eigenvalue weighted by Crippen LogP contribution is 2.29. The molecule has 2 heterocycles. The molecule has 0 radical (unpaired) electrons. The first-order valence-electron chi connectivity index (χ1n) is 8.52. The van der Waals surface area contributed by atoms with Crippen molar-refractivity contribution in [3.8, 4) is 11.5 Å². The molecular formula is C20H16BrN3O2S. The van der Waals surface area contributed by atoms with Crippen LogP contribution in [0.2, 0.25) is 0 Å². The third kappa shape index (κ3) is 4.14. The minimum Gasteiger partial charge on any atom is -0.411 e. The molecule has 4 rings (SSSR count). The van der Waals surface area contributed by atoms with Crippen molar-refractivity contribution < 1.29 is 9.21 Å². The Morgan fingerprint density at radius 1 is 1.11 bits per heavy atom. The van der Waals surface area contributed by atoms with Crippen LogP contribution >= 0.6 is 27.7 Å². The number of nitrogens with one attached hydrogen (secondary N) is 1. The summed E-state index contributed by atoms with van der Waals surface area (Å²) in [6.07, 6.45) is 3.13. The first kappa shape index (κ1) is 18.0. The standard InChI is InChI=1S/C20H16BrN3O2S/c21-14-9-7-13(8-10-14)18(25)6-3-11-27-20-24-23-19(26-20)16-12-22-17-5-2-1-4-15(16)17/h1-2,4-5,7-10,12,22H,3,6,11H2. The molecule has 0 fully saturated rings. The zero-order valence-electron chi connectivity index (χ0n) is 14.3. The van der Waals surface area contributed by atoms with Gasteiger partial charge in [-0.25, -0.2) is 0 Å². The summed E-state index contributed by atoms with van der Waals surface area (Å²) >= 11 is 4.85. The van der Waals surface area contributed by atoms with E-state index in [-0.39, 0.29) is 5.78 Å². The molecular weight excluding hydrogens is 426 g/mol. The average molecular weight is 442 g/mol. The topological polar surface area (TPSA) is 71.8 Å². The second kappa shape index (κ2) is 8.10. The number of thioether (sulfide) groups is 1. The van der Waals surface area contributed by atoms with Crippen molar-refractivity contribution in [1.82, 2.24) is 15.2 Å². The summed E-state index contributed by atoms with van der Waals surface area (Å²) in [4.78, 5) is 15.4. The molecule has 0 saturated heterocycles. The van der Waals surface area contributed by atoms with Crippen LogP contribution in [0, 0.1) is 0 Å². The molecule has 0 amide bonds. The highest BCUT2D eigenvalue weighted by atomic mass is 79.9. The first-order valence-corrected chi connectivity index (χ1v) is 10.3. The molecule has 2 aromatic carbocycles. The predicted octanol–water partition coefficient (Wildman–Crippen LogP) is 5.74. The van der Waals surface area contributed by atoms with Crippen LogP contribution in [0.25, 0.3) is 22.4 Å². The fourth-order valence-corrected chi connectivity index (χ4v) is 3.76. The van der Waals surface area contributed by atoms with E-state index in [2.05, 4.69) is 31.1 Å². The Morgan fingerprint density at radius 2 is 1.93 bits per heavy atom. The second-order valence-corrected chi connectivity index (χ2v) is 7.96. The highest BCUT2D eigenvalue weighted by Gasteiger charge is 2.13. The van der Waals surface area contributed by atoms with Crippen LogP contribution < -0.4 is 0 Å². The summed E-state index contributed by atoms with van der Waals surface area (Å²) in [5.41, 5.74) is 2.67. The fourth-order valence-electron chi connectivity index (χ4n) is 2.80. The largest absolute Gasteiger partial charge is 0.411 e. The summed E-state index contributed by atoms with van der Waals surface area (Å²) in [7, 11) is 0. The molecule has 136 valence electrons. The Hall–Kier alpha value is -2.38. The molecule has 5 nitrogen and oxygen atoms in total. The van der Waals surface area contributed by atoms with Crippen molar-refractivity contribution in [3.05, 3.63) is 64.8 Å². The zero-order valence-corrected chi connectivity index (χ0v) is 16.7. The van der Waals surface area contributed by atoms with Gasteiger partial charge in [-0.05, 0) is 24.6 Å². The molecule has 4 aromatic rings. The normalized spacial score (nSPS) is 11.1. The van der Waals surface area contributed by atoms with E-state index in [0.29, 0.717) is 17.5 Å². The minimum absolute atomic E-state index is 0.146. The van der Waals surface area contributed by atoms with Crippen LogP contribution in [0.15, 0.2) is 68.8 Å². The number of Topliss-reactive ketones (excluding diaryl/α,β-unsaturated/α-hetero) is 1. The van der Waals surface area contributed by atoms with Gasteiger partial charge in [0.25, 0.3) is 11.1 Å². The van der Waals surface area contributed by atoms with E-state index < -0.39 is 0 Å². The number of carbonyl (C=O) groups excluding carboxylic acids is 1. The van der Waals surface area contributed by atoms with Gasteiger partial charge in [0.05, 0.1) is 5.56 Å². The lowest BCUT2D eigenvalue weighted by Gasteiger charge is -2.00. The molecule has 0 bridgehead atoms. The number of halogens is 1. The molecule has 1 N–H and O–H groups in total. The monoisotopic (exact) mass is 441 g/mol. The van der Waals surface area contributed by atoms with Gasteiger partial charge in [-0.2, -0.15) is 0 Å². The van der Waals surface area contributed by atoms with E-state index in [4.69, 9.17) is 4.42 Å². The molecule has 27 heavy (non-hydrogen) atoms. The SMILES string of the molecule is O=C(CCCSc1nnc(-c2c[nH]c3ccccc23)o1)c1ccc(Br)cc1. The summed E-state index contributed by atoms with van der Waals surface area (Å²) in [6.45, 7) is 0. The fraction of sp³-hybridized carbons (Fsp3) is 0.150. The van der Waals surface area contributed by atoms with E-state index in [0.717, 1.165) is 38.7 Å². The van der Waals surface area contributed by atoms with Gasteiger partial charge in [-0.1, -0.05) is 58.0 Å². The van der Waals surface area contributed by atoms with Gasteiger partial charge in [0.1, 0.15) is 0 Å². The Kier molecular flexibility index (Phi) is 5.40. The Balaban J connectivity index is 1.32. The quantitative estimate of drug-likeness (QED) is 0.225. The minimum atomic E-state index is 0.146. The molecule has 7 heteroatoms. The Morgan fingerprint density at radius 3 is 2.78 bits per heavy atom. The number of fused-ring (bicyclic) bond motifs is 1. The van der Waals surface area contributed by atoms with E-state index in [1.807, 2.05) is 54.7 Å².